The van der Waals surface area contributed by atoms with E-state index in [-0.39, 0.29) is 5.82 Å². The zero-order chi connectivity index (χ0) is 16.9. The molecule has 0 unspecified atom stereocenters. The van der Waals surface area contributed by atoms with Crippen LogP contribution in [0.25, 0.3) is 0 Å². The van der Waals surface area contributed by atoms with Crippen molar-refractivity contribution in [2.24, 2.45) is 0 Å². The molecule has 3 rings (SSSR count). The third kappa shape index (κ3) is 4.54. The summed E-state index contributed by atoms with van der Waals surface area (Å²) in [5.74, 6) is 0.282. The van der Waals surface area contributed by atoms with Gasteiger partial charge in [-0.2, -0.15) is 0 Å². The summed E-state index contributed by atoms with van der Waals surface area (Å²) >= 11 is 0. The number of hydrogen-bond acceptors (Lipinski definition) is 4. The van der Waals surface area contributed by atoms with Gasteiger partial charge >= 0.3 is 0 Å². The second kappa shape index (κ2) is 8.08. The molecule has 24 heavy (non-hydrogen) atoms. The third-order valence-corrected chi connectivity index (χ3v) is 5.04. The molecule has 0 aliphatic carbocycles. The number of nitrogens with zero attached hydrogens (tertiary/aromatic N) is 3. The van der Waals surface area contributed by atoms with Crippen LogP contribution < -0.4 is 10.2 Å². The van der Waals surface area contributed by atoms with E-state index in [0.717, 1.165) is 39.1 Å². The Bertz CT molecular complexity index is 562. The van der Waals surface area contributed by atoms with Crippen LogP contribution in [0.2, 0.25) is 0 Å². The van der Waals surface area contributed by atoms with E-state index in [9.17, 15) is 4.39 Å². The summed E-state index contributed by atoms with van der Waals surface area (Å²) in [5.41, 5.74) is 1.39. The zero-order valence-electron chi connectivity index (χ0n) is 14.8. The highest BCUT2D eigenvalue weighted by Gasteiger charge is 2.28. The summed E-state index contributed by atoms with van der Waals surface area (Å²) in [6, 6.07) is 4.17. The van der Waals surface area contributed by atoms with Crippen molar-refractivity contribution in [3.63, 3.8) is 0 Å². The summed E-state index contributed by atoms with van der Waals surface area (Å²) in [6.07, 6.45) is 7.44. The lowest BCUT2D eigenvalue weighted by molar-refractivity contribution is 0.208. The molecular weight excluding hydrogens is 303 g/mol. The molecule has 0 spiro atoms. The Balaban J connectivity index is 1.44. The van der Waals surface area contributed by atoms with Gasteiger partial charge in [0.15, 0.2) is 11.6 Å². The molecule has 5 heteroatoms. The van der Waals surface area contributed by atoms with Crippen LogP contribution >= 0.6 is 0 Å². The average molecular weight is 332 g/mol. The van der Waals surface area contributed by atoms with E-state index >= 15 is 0 Å². The van der Waals surface area contributed by atoms with Gasteiger partial charge in [0.05, 0.1) is 0 Å². The molecule has 1 aromatic rings. The average Bonchev–Trinajstić information content (AvgIpc) is 3.03. The molecule has 0 radical (unpaired) electrons. The number of halogens is 1. The lowest BCUT2D eigenvalue weighted by atomic mass is 10.0. The van der Waals surface area contributed by atoms with Gasteiger partial charge in [-0.25, -0.2) is 9.37 Å². The van der Waals surface area contributed by atoms with Gasteiger partial charge in [0.1, 0.15) is 0 Å². The van der Waals surface area contributed by atoms with E-state index in [1.807, 2.05) is 0 Å². The van der Waals surface area contributed by atoms with E-state index in [1.54, 1.807) is 12.3 Å². The number of anilines is 1. The highest BCUT2D eigenvalue weighted by Crippen LogP contribution is 2.22. The molecular formula is C19H29FN4. The maximum absolute atomic E-state index is 13.9. The number of likely N-dealkylation sites (tertiary alicyclic amines) is 1. The first-order valence-corrected chi connectivity index (χ1v) is 9.09. The Labute approximate surface area is 144 Å². The standard InChI is InChI=1S/C19H29FN4/c1-15(2)5-10-23-11-6-16(7-12-23)22-17-8-13-24(14-17)19-18(20)4-3-9-21-19/h3-5,9,16-17,22H,6-8,10-14H2,1-2H3/t17-/m1/s1. The molecule has 0 bridgehead atoms. The van der Waals surface area contributed by atoms with Gasteiger partial charge in [0, 0.05) is 37.9 Å². The van der Waals surface area contributed by atoms with Gasteiger partial charge in [-0.3, -0.25) is 4.90 Å². The minimum absolute atomic E-state index is 0.217. The van der Waals surface area contributed by atoms with Crippen LogP contribution in [0.5, 0.6) is 0 Å². The number of piperidine rings is 1. The molecule has 3 heterocycles. The lowest BCUT2D eigenvalue weighted by Gasteiger charge is -2.33. The fourth-order valence-corrected chi connectivity index (χ4v) is 3.63. The smallest absolute Gasteiger partial charge is 0.165 e. The van der Waals surface area contributed by atoms with Crippen molar-refractivity contribution in [3.05, 3.63) is 35.8 Å². The van der Waals surface area contributed by atoms with Crippen molar-refractivity contribution in [3.8, 4) is 0 Å². The van der Waals surface area contributed by atoms with Crippen LogP contribution in [0.3, 0.4) is 0 Å². The number of nitrogens with one attached hydrogen (secondary N) is 1. The van der Waals surface area contributed by atoms with E-state index < -0.39 is 0 Å². The SMILES string of the molecule is CC(C)=CCN1CCC(N[C@@H]2CCN(c3ncccc3F)C2)CC1. The monoisotopic (exact) mass is 332 g/mol. The lowest BCUT2D eigenvalue weighted by Crippen LogP contribution is -2.47. The Hall–Kier alpha value is -1.46. The molecule has 0 amide bonds. The number of hydrogen-bond donors (Lipinski definition) is 1. The van der Waals surface area contributed by atoms with Gasteiger partial charge in [-0.15, -0.1) is 0 Å². The van der Waals surface area contributed by atoms with E-state index in [4.69, 9.17) is 0 Å². The van der Waals surface area contributed by atoms with Gasteiger partial charge in [0.25, 0.3) is 0 Å². The molecule has 1 atom stereocenters. The van der Waals surface area contributed by atoms with Crippen molar-refractivity contribution in [1.82, 2.24) is 15.2 Å². The van der Waals surface area contributed by atoms with Crippen LogP contribution in [0.15, 0.2) is 30.0 Å². The van der Waals surface area contributed by atoms with Crippen LogP contribution in [-0.2, 0) is 0 Å². The molecule has 1 N–H and O–H groups in total. The minimum atomic E-state index is -0.217. The maximum atomic E-state index is 13.9. The molecule has 1 aromatic heterocycles. The Kier molecular flexibility index (Phi) is 5.85. The fraction of sp³-hybridized carbons (Fsp3) is 0.632. The van der Waals surface area contributed by atoms with Gasteiger partial charge in [-0.1, -0.05) is 11.6 Å². The normalized spacial score (nSPS) is 22.8. The first kappa shape index (κ1) is 17.4. The minimum Gasteiger partial charge on any atom is -0.353 e. The van der Waals surface area contributed by atoms with Crippen LogP contribution in [0.1, 0.15) is 33.1 Å². The van der Waals surface area contributed by atoms with Gasteiger partial charge < -0.3 is 10.2 Å². The van der Waals surface area contributed by atoms with Crippen LogP contribution in [-0.4, -0.2) is 54.7 Å². The first-order valence-electron chi connectivity index (χ1n) is 9.09. The second-order valence-corrected chi connectivity index (χ2v) is 7.26. The predicted molar refractivity (Wildman–Crippen MR) is 96.8 cm³/mol. The Morgan fingerprint density at radius 3 is 2.71 bits per heavy atom. The van der Waals surface area contributed by atoms with Crippen LogP contribution in [0.4, 0.5) is 10.2 Å². The number of aromatic nitrogens is 1. The topological polar surface area (TPSA) is 31.4 Å². The molecule has 4 nitrogen and oxygen atoms in total. The second-order valence-electron chi connectivity index (χ2n) is 7.26. The molecule has 2 saturated heterocycles. The predicted octanol–water partition coefficient (Wildman–Crippen LogP) is 2.82. The summed E-state index contributed by atoms with van der Waals surface area (Å²) in [7, 11) is 0. The third-order valence-electron chi connectivity index (χ3n) is 5.04. The van der Waals surface area contributed by atoms with Gasteiger partial charge in [-0.05, 0) is 58.3 Å². The summed E-state index contributed by atoms with van der Waals surface area (Å²) in [5, 5.41) is 3.79. The van der Waals surface area contributed by atoms with Gasteiger partial charge in [0.2, 0.25) is 0 Å². The summed E-state index contributed by atoms with van der Waals surface area (Å²) in [4.78, 5) is 8.79. The van der Waals surface area contributed by atoms with E-state index in [0.29, 0.717) is 17.9 Å². The highest BCUT2D eigenvalue weighted by atomic mass is 19.1. The summed E-state index contributed by atoms with van der Waals surface area (Å²) < 4.78 is 13.9. The number of rotatable bonds is 5. The van der Waals surface area contributed by atoms with Crippen molar-refractivity contribution < 1.29 is 4.39 Å². The Morgan fingerprint density at radius 2 is 2.00 bits per heavy atom. The largest absolute Gasteiger partial charge is 0.353 e. The molecule has 2 aliphatic heterocycles. The molecule has 132 valence electrons. The zero-order valence-corrected chi connectivity index (χ0v) is 14.8. The highest BCUT2D eigenvalue weighted by molar-refractivity contribution is 5.41. The molecule has 0 aromatic carbocycles. The first-order chi connectivity index (χ1) is 11.6. The van der Waals surface area contributed by atoms with Crippen molar-refractivity contribution in [2.45, 2.75) is 45.2 Å². The summed E-state index contributed by atoms with van der Waals surface area (Å²) in [6.45, 7) is 9.44. The van der Waals surface area contributed by atoms with Crippen molar-refractivity contribution >= 4 is 5.82 Å². The van der Waals surface area contributed by atoms with Crippen molar-refractivity contribution in [1.29, 1.82) is 0 Å². The number of allylic oxidation sites excluding steroid dienone is 1. The van der Waals surface area contributed by atoms with E-state index in [1.165, 1.54) is 24.5 Å². The van der Waals surface area contributed by atoms with Crippen LogP contribution in [0, 0.1) is 5.82 Å². The molecule has 0 saturated carbocycles. The Morgan fingerprint density at radius 1 is 1.25 bits per heavy atom. The molecule has 2 fully saturated rings. The quantitative estimate of drug-likeness (QED) is 0.840. The maximum Gasteiger partial charge on any atom is 0.165 e. The van der Waals surface area contributed by atoms with Crippen molar-refractivity contribution in [2.75, 3.05) is 37.6 Å². The molecule has 2 aliphatic rings. The van der Waals surface area contributed by atoms with E-state index in [2.05, 4.69) is 40.0 Å². The number of pyridine rings is 1. The fourth-order valence-electron chi connectivity index (χ4n) is 3.63.